The number of halogens is 2. The second-order valence-electron chi connectivity index (χ2n) is 3.13. The first-order valence-electron chi connectivity index (χ1n) is 4.48. The van der Waals surface area contributed by atoms with Crippen LogP contribution in [0.4, 0.5) is 14.5 Å². The van der Waals surface area contributed by atoms with Crippen LogP contribution in [-0.4, -0.2) is 4.98 Å². The summed E-state index contributed by atoms with van der Waals surface area (Å²) < 4.78 is 31.2. The summed E-state index contributed by atoms with van der Waals surface area (Å²) in [4.78, 5) is 3.77. The van der Waals surface area contributed by atoms with Gasteiger partial charge < -0.3 is 10.5 Å². The van der Waals surface area contributed by atoms with E-state index in [1.165, 1.54) is 18.5 Å². The molecule has 0 fully saturated rings. The van der Waals surface area contributed by atoms with Crippen molar-refractivity contribution in [2.75, 3.05) is 5.73 Å². The largest absolute Gasteiger partial charge is 0.452 e. The topological polar surface area (TPSA) is 48.1 Å². The average Bonchev–Trinajstić information content (AvgIpc) is 2.24. The van der Waals surface area contributed by atoms with Crippen LogP contribution < -0.4 is 10.5 Å². The lowest BCUT2D eigenvalue weighted by Crippen LogP contribution is -1.92. The number of aromatic nitrogens is 1. The van der Waals surface area contributed by atoms with Crippen molar-refractivity contribution in [2.45, 2.75) is 0 Å². The van der Waals surface area contributed by atoms with Crippen LogP contribution in [0.3, 0.4) is 0 Å². The van der Waals surface area contributed by atoms with Crippen molar-refractivity contribution in [3.8, 4) is 11.5 Å². The lowest BCUT2D eigenvalue weighted by atomic mass is 10.3. The van der Waals surface area contributed by atoms with Crippen LogP contribution in [0.5, 0.6) is 11.5 Å². The number of rotatable bonds is 2. The molecule has 0 saturated carbocycles. The number of anilines is 1. The van der Waals surface area contributed by atoms with Gasteiger partial charge in [-0.3, -0.25) is 4.98 Å². The predicted octanol–water partition coefficient (Wildman–Crippen LogP) is 2.73. The summed E-state index contributed by atoms with van der Waals surface area (Å²) in [6, 6.07) is 4.43. The summed E-state index contributed by atoms with van der Waals surface area (Å²) in [5, 5.41) is 0. The SMILES string of the molecule is Nc1cncc(Oc2cc(F)ccc2F)c1. The monoisotopic (exact) mass is 222 g/mol. The fourth-order valence-electron chi connectivity index (χ4n) is 1.17. The van der Waals surface area contributed by atoms with Gasteiger partial charge in [0.25, 0.3) is 0 Å². The Morgan fingerprint density at radius 3 is 2.69 bits per heavy atom. The van der Waals surface area contributed by atoms with Gasteiger partial charge in [0, 0.05) is 12.1 Å². The number of nitrogens with two attached hydrogens (primary N) is 1. The molecule has 1 aromatic heterocycles. The van der Waals surface area contributed by atoms with Gasteiger partial charge in [0.2, 0.25) is 0 Å². The molecule has 3 nitrogen and oxygen atoms in total. The molecule has 2 aromatic rings. The molecule has 0 atom stereocenters. The number of benzene rings is 1. The number of pyridine rings is 1. The first-order chi connectivity index (χ1) is 7.65. The fraction of sp³-hybridized carbons (Fsp3) is 0. The van der Waals surface area contributed by atoms with Crippen molar-refractivity contribution in [3.05, 3.63) is 48.3 Å². The van der Waals surface area contributed by atoms with Gasteiger partial charge in [-0.05, 0) is 12.1 Å². The van der Waals surface area contributed by atoms with Crippen molar-refractivity contribution in [2.24, 2.45) is 0 Å². The van der Waals surface area contributed by atoms with Gasteiger partial charge in [0.05, 0.1) is 18.1 Å². The Hall–Kier alpha value is -2.17. The van der Waals surface area contributed by atoms with Crippen LogP contribution >= 0.6 is 0 Å². The first-order valence-corrected chi connectivity index (χ1v) is 4.48. The average molecular weight is 222 g/mol. The van der Waals surface area contributed by atoms with E-state index in [0.717, 1.165) is 18.2 Å². The van der Waals surface area contributed by atoms with Crippen molar-refractivity contribution in [1.82, 2.24) is 4.98 Å². The van der Waals surface area contributed by atoms with E-state index in [0.29, 0.717) is 5.69 Å². The van der Waals surface area contributed by atoms with E-state index in [-0.39, 0.29) is 11.5 Å². The molecule has 0 saturated heterocycles. The van der Waals surface area contributed by atoms with E-state index >= 15 is 0 Å². The molecule has 5 heteroatoms. The number of ether oxygens (including phenoxy) is 1. The quantitative estimate of drug-likeness (QED) is 0.849. The summed E-state index contributed by atoms with van der Waals surface area (Å²) in [5.74, 6) is -1.17. The van der Waals surface area contributed by atoms with Crippen molar-refractivity contribution in [1.29, 1.82) is 0 Å². The van der Waals surface area contributed by atoms with E-state index in [2.05, 4.69) is 4.98 Å². The van der Waals surface area contributed by atoms with Gasteiger partial charge in [-0.25, -0.2) is 8.78 Å². The molecule has 1 heterocycles. The second kappa shape index (κ2) is 4.14. The van der Waals surface area contributed by atoms with Gasteiger partial charge in [-0.2, -0.15) is 0 Å². The Kier molecular flexibility index (Phi) is 2.68. The summed E-state index contributed by atoms with van der Waals surface area (Å²) in [5.41, 5.74) is 5.85. The Balaban J connectivity index is 2.30. The molecule has 0 aliphatic heterocycles. The highest BCUT2D eigenvalue weighted by atomic mass is 19.1. The molecule has 0 amide bonds. The zero-order chi connectivity index (χ0) is 11.5. The van der Waals surface area contributed by atoms with Crippen LogP contribution in [-0.2, 0) is 0 Å². The van der Waals surface area contributed by atoms with E-state index < -0.39 is 11.6 Å². The molecular formula is C11H8F2N2O. The van der Waals surface area contributed by atoms with Crippen molar-refractivity contribution in [3.63, 3.8) is 0 Å². The van der Waals surface area contributed by atoms with E-state index in [1.54, 1.807) is 0 Å². The molecule has 2 rings (SSSR count). The molecule has 0 aliphatic carbocycles. The van der Waals surface area contributed by atoms with Crippen molar-refractivity contribution < 1.29 is 13.5 Å². The van der Waals surface area contributed by atoms with Gasteiger partial charge in [0.1, 0.15) is 11.6 Å². The highest BCUT2D eigenvalue weighted by molar-refractivity contribution is 5.42. The molecule has 0 aliphatic rings. The van der Waals surface area contributed by atoms with Crippen LogP contribution in [0.1, 0.15) is 0 Å². The normalized spacial score (nSPS) is 10.1. The molecule has 82 valence electrons. The molecule has 2 N–H and O–H groups in total. The Labute approximate surface area is 90.5 Å². The maximum atomic E-state index is 13.2. The minimum Gasteiger partial charge on any atom is -0.452 e. The Morgan fingerprint density at radius 1 is 1.12 bits per heavy atom. The number of nitrogen functional groups attached to an aromatic ring is 1. The molecule has 0 spiro atoms. The first kappa shape index (κ1) is 10.4. The van der Waals surface area contributed by atoms with Crippen LogP contribution in [0, 0.1) is 11.6 Å². The third-order valence-electron chi connectivity index (χ3n) is 1.86. The predicted molar refractivity (Wildman–Crippen MR) is 55.1 cm³/mol. The van der Waals surface area contributed by atoms with Crippen LogP contribution in [0.15, 0.2) is 36.7 Å². The highest BCUT2D eigenvalue weighted by Crippen LogP contribution is 2.25. The van der Waals surface area contributed by atoms with Crippen LogP contribution in [0.25, 0.3) is 0 Å². The molecule has 1 aromatic carbocycles. The van der Waals surface area contributed by atoms with Gasteiger partial charge in [-0.15, -0.1) is 0 Å². The molecular weight excluding hydrogens is 214 g/mol. The number of nitrogens with zero attached hydrogens (tertiary/aromatic N) is 1. The lowest BCUT2D eigenvalue weighted by Gasteiger charge is -2.06. The third kappa shape index (κ3) is 2.25. The molecule has 16 heavy (non-hydrogen) atoms. The van der Waals surface area contributed by atoms with E-state index in [9.17, 15) is 8.78 Å². The third-order valence-corrected chi connectivity index (χ3v) is 1.86. The van der Waals surface area contributed by atoms with Gasteiger partial charge >= 0.3 is 0 Å². The smallest absolute Gasteiger partial charge is 0.166 e. The maximum absolute atomic E-state index is 13.2. The number of hydrogen-bond acceptors (Lipinski definition) is 3. The minimum absolute atomic E-state index is 0.201. The zero-order valence-electron chi connectivity index (χ0n) is 8.15. The van der Waals surface area contributed by atoms with Crippen molar-refractivity contribution >= 4 is 5.69 Å². The summed E-state index contributed by atoms with van der Waals surface area (Å²) >= 11 is 0. The molecule has 0 radical (unpaired) electrons. The Morgan fingerprint density at radius 2 is 1.94 bits per heavy atom. The molecule has 0 bridgehead atoms. The second-order valence-corrected chi connectivity index (χ2v) is 3.13. The fourth-order valence-corrected chi connectivity index (χ4v) is 1.17. The lowest BCUT2D eigenvalue weighted by molar-refractivity contribution is 0.435. The minimum atomic E-state index is -0.649. The highest BCUT2D eigenvalue weighted by Gasteiger charge is 2.06. The standard InChI is InChI=1S/C11H8F2N2O/c12-7-1-2-10(13)11(3-7)16-9-4-8(14)5-15-6-9/h1-6H,14H2. The summed E-state index contributed by atoms with van der Waals surface area (Å²) in [6.45, 7) is 0. The summed E-state index contributed by atoms with van der Waals surface area (Å²) in [6.07, 6.45) is 2.79. The number of hydrogen-bond donors (Lipinski definition) is 1. The van der Waals surface area contributed by atoms with E-state index in [1.807, 2.05) is 0 Å². The van der Waals surface area contributed by atoms with Crippen LogP contribution in [0.2, 0.25) is 0 Å². The zero-order valence-corrected chi connectivity index (χ0v) is 8.15. The van der Waals surface area contributed by atoms with Gasteiger partial charge in [0.15, 0.2) is 11.6 Å². The maximum Gasteiger partial charge on any atom is 0.166 e. The molecule has 0 unspecified atom stereocenters. The Bertz CT molecular complexity index is 517. The van der Waals surface area contributed by atoms with Gasteiger partial charge in [-0.1, -0.05) is 0 Å². The summed E-state index contributed by atoms with van der Waals surface area (Å²) in [7, 11) is 0. The van der Waals surface area contributed by atoms with E-state index in [4.69, 9.17) is 10.5 Å².